The molecule has 0 aromatic carbocycles. The Morgan fingerprint density at radius 3 is 2.14 bits per heavy atom. The number of amides is 1. The average Bonchev–Trinajstić information content (AvgIpc) is 3.05. The van der Waals surface area contributed by atoms with Gasteiger partial charge >= 0.3 is 12.2 Å². The van der Waals surface area contributed by atoms with Gasteiger partial charge in [0.15, 0.2) is 5.82 Å². The fourth-order valence-electron chi connectivity index (χ4n) is 3.94. The lowest BCUT2D eigenvalue weighted by molar-refractivity contribution is 0.0446. The smallest absolute Gasteiger partial charge is 0.435 e. The molecule has 1 fully saturated rings. The quantitative estimate of drug-likeness (QED) is 0.581. The van der Waals surface area contributed by atoms with Crippen LogP contribution in [0.25, 0.3) is 0 Å². The second-order valence-corrected chi connectivity index (χ2v) is 11.8. The van der Waals surface area contributed by atoms with Gasteiger partial charge in [-0.1, -0.05) is 0 Å². The zero-order valence-corrected chi connectivity index (χ0v) is 23.0. The van der Waals surface area contributed by atoms with E-state index < -0.39 is 17.3 Å². The molecule has 10 heteroatoms. The van der Waals surface area contributed by atoms with E-state index in [1.807, 2.05) is 67.5 Å². The predicted molar refractivity (Wildman–Crippen MR) is 140 cm³/mol. The summed E-state index contributed by atoms with van der Waals surface area (Å²) in [6, 6.07) is 5.76. The van der Waals surface area contributed by atoms with Gasteiger partial charge in [0.05, 0.1) is 0 Å². The Labute approximate surface area is 213 Å². The summed E-state index contributed by atoms with van der Waals surface area (Å²) < 4.78 is 12.1. The Hall–Kier alpha value is -3.30. The molecular weight excluding hydrogens is 460 g/mol. The number of nitrogens with zero attached hydrogens (tertiary/aromatic N) is 4. The maximum atomic E-state index is 12.4. The van der Waals surface area contributed by atoms with Gasteiger partial charge in [-0.3, -0.25) is 0 Å². The number of alkyl carbamates (subject to hydrolysis) is 1. The lowest BCUT2D eigenvalue weighted by Crippen LogP contribution is -2.54. The number of carbonyl (C=O) groups excluding carboxylic acids is 2. The van der Waals surface area contributed by atoms with Gasteiger partial charge in [-0.05, 0) is 92.9 Å². The lowest BCUT2D eigenvalue weighted by atomic mass is 9.90. The number of ether oxygens (including phenoxy) is 2. The molecule has 0 unspecified atom stereocenters. The minimum atomic E-state index is -0.608. The topological polar surface area (TPSA) is 111 Å². The van der Waals surface area contributed by atoms with Crippen LogP contribution in [0, 0.1) is 13.8 Å². The summed E-state index contributed by atoms with van der Waals surface area (Å²) in [6.45, 7) is 18.4. The highest BCUT2D eigenvalue weighted by Gasteiger charge is 2.33. The second-order valence-electron chi connectivity index (χ2n) is 11.8. The van der Waals surface area contributed by atoms with Crippen LogP contribution in [0.5, 0.6) is 0 Å². The zero-order valence-electron chi connectivity index (χ0n) is 23.0. The van der Waals surface area contributed by atoms with E-state index in [1.165, 1.54) is 4.68 Å². The van der Waals surface area contributed by atoms with Crippen LogP contribution in [0.4, 0.5) is 27.0 Å². The number of carbonyl (C=O) groups is 2. The van der Waals surface area contributed by atoms with E-state index in [0.29, 0.717) is 17.3 Å². The minimum Gasteiger partial charge on any atom is -0.444 e. The molecule has 1 aliphatic heterocycles. The molecule has 3 rings (SSSR count). The molecule has 2 aromatic rings. The molecular formula is C26H40N6O4. The van der Waals surface area contributed by atoms with E-state index >= 15 is 0 Å². The summed E-state index contributed by atoms with van der Waals surface area (Å²) in [5.74, 6) is 1.99. The molecule has 1 amide bonds. The summed E-state index contributed by atoms with van der Waals surface area (Å²) >= 11 is 0. The third-order valence-electron chi connectivity index (χ3n) is 5.66. The molecule has 0 aliphatic carbocycles. The first-order valence-electron chi connectivity index (χ1n) is 12.3. The van der Waals surface area contributed by atoms with Gasteiger partial charge in [-0.2, -0.15) is 4.68 Å². The maximum Gasteiger partial charge on any atom is 0.435 e. The molecule has 3 heterocycles. The minimum absolute atomic E-state index is 0.338. The molecule has 0 radical (unpaired) electrons. The van der Waals surface area contributed by atoms with Crippen LogP contribution in [-0.4, -0.2) is 56.8 Å². The summed E-state index contributed by atoms with van der Waals surface area (Å²) in [5, 5.41) is 10.6. The van der Waals surface area contributed by atoms with Crippen molar-refractivity contribution in [2.45, 2.75) is 91.9 Å². The maximum absolute atomic E-state index is 12.4. The van der Waals surface area contributed by atoms with E-state index in [2.05, 4.69) is 20.6 Å². The molecule has 0 spiro atoms. The largest absolute Gasteiger partial charge is 0.444 e. The van der Waals surface area contributed by atoms with Crippen molar-refractivity contribution >= 4 is 29.6 Å². The van der Waals surface area contributed by atoms with Crippen molar-refractivity contribution in [2.24, 2.45) is 0 Å². The van der Waals surface area contributed by atoms with Crippen LogP contribution in [0.15, 0.2) is 18.2 Å². The Morgan fingerprint density at radius 2 is 1.56 bits per heavy atom. The fourth-order valence-corrected chi connectivity index (χ4v) is 3.94. The monoisotopic (exact) mass is 500 g/mol. The third-order valence-corrected chi connectivity index (χ3v) is 5.66. The van der Waals surface area contributed by atoms with Gasteiger partial charge in [0, 0.05) is 30.4 Å². The van der Waals surface area contributed by atoms with E-state index in [-0.39, 0.29) is 11.6 Å². The number of hydrogen-bond donors (Lipinski definition) is 2. The Balaban J connectivity index is 1.67. The Morgan fingerprint density at radius 1 is 0.944 bits per heavy atom. The van der Waals surface area contributed by atoms with Gasteiger partial charge in [0.25, 0.3) is 0 Å². The zero-order chi connectivity index (χ0) is 26.9. The molecule has 36 heavy (non-hydrogen) atoms. The van der Waals surface area contributed by atoms with Gasteiger partial charge in [-0.25, -0.2) is 14.6 Å². The lowest BCUT2D eigenvalue weighted by Gasteiger charge is -2.40. The van der Waals surface area contributed by atoms with E-state index in [0.717, 1.165) is 37.3 Å². The third kappa shape index (κ3) is 7.60. The fraction of sp³-hybridized carbons (Fsp3) is 0.615. The summed E-state index contributed by atoms with van der Waals surface area (Å²) in [5.41, 5.74) is 0.231. The summed E-state index contributed by atoms with van der Waals surface area (Å²) in [7, 11) is 0. The van der Waals surface area contributed by atoms with Crippen LogP contribution >= 0.6 is 0 Å². The van der Waals surface area contributed by atoms with E-state index in [4.69, 9.17) is 14.5 Å². The molecule has 0 atom stereocenters. The average molecular weight is 501 g/mol. The van der Waals surface area contributed by atoms with Crippen LogP contribution in [0.2, 0.25) is 0 Å². The summed E-state index contributed by atoms with van der Waals surface area (Å²) in [4.78, 5) is 31.7. The van der Waals surface area contributed by atoms with Crippen LogP contribution in [0.1, 0.15) is 72.6 Å². The molecule has 2 aromatic heterocycles. The number of piperidine rings is 1. The predicted octanol–water partition coefficient (Wildman–Crippen LogP) is 5.31. The first-order chi connectivity index (χ1) is 16.5. The van der Waals surface area contributed by atoms with Crippen LogP contribution < -0.4 is 15.5 Å². The van der Waals surface area contributed by atoms with E-state index in [9.17, 15) is 9.59 Å². The Kier molecular flexibility index (Phi) is 7.57. The van der Waals surface area contributed by atoms with Crippen molar-refractivity contribution in [2.75, 3.05) is 23.3 Å². The van der Waals surface area contributed by atoms with Gasteiger partial charge in [0.1, 0.15) is 22.8 Å². The molecule has 1 aliphatic rings. The van der Waals surface area contributed by atoms with Crippen molar-refractivity contribution in [1.29, 1.82) is 0 Å². The highest BCUT2D eigenvalue weighted by molar-refractivity contribution is 5.72. The number of aryl methyl sites for hydroxylation is 2. The number of aromatic nitrogens is 3. The van der Waals surface area contributed by atoms with Crippen LogP contribution in [-0.2, 0) is 9.47 Å². The normalized spacial score (nSPS) is 15.9. The highest BCUT2D eigenvalue weighted by atomic mass is 16.6. The van der Waals surface area contributed by atoms with Gasteiger partial charge < -0.3 is 25.0 Å². The van der Waals surface area contributed by atoms with Crippen LogP contribution in [0.3, 0.4) is 0 Å². The number of anilines is 3. The van der Waals surface area contributed by atoms with Gasteiger partial charge in [-0.15, -0.1) is 5.10 Å². The first-order valence-corrected chi connectivity index (χ1v) is 12.3. The van der Waals surface area contributed by atoms with Crippen molar-refractivity contribution in [1.82, 2.24) is 20.1 Å². The number of rotatable bonds is 4. The number of pyridine rings is 1. The van der Waals surface area contributed by atoms with Crippen molar-refractivity contribution in [3.05, 3.63) is 29.5 Å². The molecule has 0 bridgehead atoms. The molecule has 2 N–H and O–H groups in total. The molecule has 0 saturated carbocycles. The standard InChI is InChI=1S/C26H40N6O4/c1-17-14-19(27-20-16-18(2)32(30-20)23(34)36-25(6,7)8)28-21(15-17)31-12-10-26(9,11-13-31)29-22(33)35-24(3,4)5/h14-16H,10-13H2,1-9H3,(H,29,33)(H,27,28,30). The van der Waals surface area contributed by atoms with Crippen molar-refractivity contribution < 1.29 is 19.1 Å². The summed E-state index contributed by atoms with van der Waals surface area (Å²) in [6.07, 6.45) is 0.621. The SMILES string of the molecule is Cc1cc(Nc2cc(C)n(C(=O)OC(C)(C)C)n2)nc(N2CCC(C)(NC(=O)OC(C)(C)C)CC2)c1. The second kappa shape index (κ2) is 9.99. The molecule has 1 saturated heterocycles. The van der Waals surface area contributed by atoms with E-state index in [1.54, 1.807) is 13.0 Å². The van der Waals surface area contributed by atoms with Crippen molar-refractivity contribution in [3.8, 4) is 0 Å². The number of nitrogens with one attached hydrogen (secondary N) is 2. The number of hydrogen-bond acceptors (Lipinski definition) is 8. The Bertz CT molecular complexity index is 1100. The highest BCUT2D eigenvalue weighted by Crippen LogP contribution is 2.28. The van der Waals surface area contributed by atoms with Crippen molar-refractivity contribution in [3.63, 3.8) is 0 Å². The molecule has 198 valence electrons. The first kappa shape index (κ1) is 27.3. The van der Waals surface area contributed by atoms with Gasteiger partial charge in [0.2, 0.25) is 0 Å². The molecule has 10 nitrogen and oxygen atoms in total.